The lowest BCUT2D eigenvalue weighted by molar-refractivity contribution is -0.143. The molecule has 0 saturated heterocycles. The van der Waals surface area contributed by atoms with Crippen molar-refractivity contribution in [2.75, 3.05) is 0 Å². The van der Waals surface area contributed by atoms with Crippen molar-refractivity contribution in [2.24, 2.45) is 11.8 Å². The molecule has 1 aromatic carbocycles. The van der Waals surface area contributed by atoms with E-state index in [1.165, 1.54) is 5.56 Å². The van der Waals surface area contributed by atoms with Crippen molar-refractivity contribution >= 4 is 5.97 Å². The van der Waals surface area contributed by atoms with Gasteiger partial charge in [-0.05, 0) is 36.7 Å². The summed E-state index contributed by atoms with van der Waals surface area (Å²) in [6, 6.07) is 10.3. The van der Waals surface area contributed by atoms with Gasteiger partial charge in [0, 0.05) is 0 Å². The van der Waals surface area contributed by atoms with Gasteiger partial charge >= 0.3 is 5.97 Å². The molecule has 16 heavy (non-hydrogen) atoms. The zero-order valence-corrected chi connectivity index (χ0v) is 9.60. The lowest BCUT2D eigenvalue weighted by Gasteiger charge is -2.32. The van der Waals surface area contributed by atoms with Crippen molar-refractivity contribution < 1.29 is 9.90 Å². The summed E-state index contributed by atoms with van der Waals surface area (Å²) in [5, 5.41) is 9.09. The van der Waals surface area contributed by atoms with Gasteiger partial charge in [-0.3, -0.25) is 4.79 Å². The van der Waals surface area contributed by atoms with Gasteiger partial charge in [0.25, 0.3) is 0 Å². The molecular formula is C14H18O2. The van der Waals surface area contributed by atoms with Gasteiger partial charge in [-0.2, -0.15) is 0 Å². The highest BCUT2D eigenvalue weighted by atomic mass is 16.4. The van der Waals surface area contributed by atoms with Crippen LogP contribution in [0.5, 0.6) is 0 Å². The molecule has 1 N–H and O–H groups in total. The van der Waals surface area contributed by atoms with Gasteiger partial charge in [0.05, 0.1) is 5.92 Å². The molecule has 0 spiro atoms. The van der Waals surface area contributed by atoms with Gasteiger partial charge in [0.1, 0.15) is 0 Å². The molecule has 2 rings (SSSR count). The highest BCUT2D eigenvalue weighted by Crippen LogP contribution is 2.40. The number of benzene rings is 1. The topological polar surface area (TPSA) is 37.3 Å². The number of hydrogen-bond donors (Lipinski definition) is 1. The SMILES string of the molecule is CC1CCC(C(=O)O)CC1c1ccccc1. The molecule has 0 heterocycles. The number of carbonyl (C=O) groups is 1. The highest BCUT2D eigenvalue weighted by Gasteiger charge is 2.32. The Hall–Kier alpha value is -1.31. The van der Waals surface area contributed by atoms with Gasteiger partial charge in [-0.25, -0.2) is 0 Å². The van der Waals surface area contributed by atoms with Crippen LogP contribution >= 0.6 is 0 Å². The van der Waals surface area contributed by atoms with Crippen LogP contribution in [0.1, 0.15) is 37.7 Å². The van der Waals surface area contributed by atoms with E-state index < -0.39 is 5.97 Å². The Morgan fingerprint density at radius 3 is 2.56 bits per heavy atom. The number of rotatable bonds is 2. The highest BCUT2D eigenvalue weighted by molar-refractivity contribution is 5.70. The largest absolute Gasteiger partial charge is 0.481 e. The molecule has 1 aromatic rings. The first-order valence-corrected chi connectivity index (χ1v) is 5.96. The molecule has 1 saturated carbocycles. The van der Waals surface area contributed by atoms with Crippen LogP contribution in [-0.4, -0.2) is 11.1 Å². The van der Waals surface area contributed by atoms with E-state index in [1.54, 1.807) is 0 Å². The second kappa shape index (κ2) is 4.69. The van der Waals surface area contributed by atoms with Gasteiger partial charge in [0.15, 0.2) is 0 Å². The van der Waals surface area contributed by atoms with Crippen LogP contribution < -0.4 is 0 Å². The lowest BCUT2D eigenvalue weighted by Crippen LogP contribution is -2.26. The molecular weight excluding hydrogens is 200 g/mol. The average molecular weight is 218 g/mol. The number of aliphatic carboxylic acids is 1. The molecule has 1 aliphatic rings. The third-order valence-corrected chi connectivity index (χ3v) is 3.77. The van der Waals surface area contributed by atoms with Crippen molar-refractivity contribution in [2.45, 2.75) is 32.1 Å². The summed E-state index contributed by atoms with van der Waals surface area (Å²) in [5.41, 5.74) is 1.29. The molecule has 1 aliphatic carbocycles. The summed E-state index contributed by atoms with van der Waals surface area (Å²) in [4.78, 5) is 11.0. The fourth-order valence-corrected chi connectivity index (χ4v) is 2.71. The van der Waals surface area contributed by atoms with Crippen molar-refractivity contribution in [1.82, 2.24) is 0 Å². The Morgan fingerprint density at radius 2 is 1.94 bits per heavy atom. The molecule has 0 radical (unpaired) electrons. The van der Waals surface area contributed by atoms with E-state index in [2.05, 4.69) is 19.1 Å². The van der Waals surface area contributed by atoms with Gasteiger partial charge in [-0.1, -0.05) is 37.3 Å². The minimum absolute atomic E-state index is 0.151. The molecule has 1 fully saturated rings. The van der Waals surface area contributed by atoms with E-state index in [-0.39, 0.29) is 5.92 Å². The second-order valence-electron chi connectivity index (χ2n) is 4.84. The van der Waals surface area contributed by atoms with Gasteiger partial charge in [0.2, 0.25) is 0 Å². The lowest BCUT2D eigenvalue weighted by atomic mass is 9.72. The normalized spacial score (nSPS) is 29.9. The quantitative estimate of drug-likeness (QED) is 0.827. The van der Waals surface area contributed by atoms with Crippen LogP contribution in [0.15, 0.2) is 30.3 Å². The average Bonchev–Trinajstić information content (AvgIpc) is 2.30. The van der Waals surface area contributed by atoms with Crippen LogP contribution in [0.3, 0.4) is 0 Å². The molecule has 3 unspecified atom stereocenters. The van der Waals surface area contributed by atoms with Crippen LogP contribution in [0.4, 0.5) is 0 Å². The molecule has 2 nitrogen and oxygen atoms in total. The van der Waals surface area contributed by atoms with Crippen molar-refractivity contribution in [3.63, 3.8) is 0 Å². The van der Waals surface area contributed by atoms with Crippen LogP contribution in [-0.2, 0) is 4.79 Å². The first-order chi connectivity index (χ1) is 7.68. The zero-order chi connectivity index (χ0) is 11.5. The Labute approximate surface area is 96.3 Å². The van der Waals surface area contributed by atoms with E-state index in [4.69, 9.17) is 5.11 Å². The van der Waals surface area contributed by atoms with E-state index in [9.17, 15) is 4.79 Å². The van der Waals surface area contributed by atoms with Crippen molar-refractivity contribution in [3.05, 3.63) is 35.9 Å². The van der Waals surface area contributed by atoms with Gasteiger partial charge in [-0.15, -0.1) is 0 Å². The fourth-order valence-electron chi connectivity index (χ4n) is 2.71. The van der Waals surface area contributed by atoms with Crippen LogP contribution in [0.2, 0.25) is 0 Å². The molecule has 2 heteroatoms. The monoisotopic (exact) mass is 218 g/mol. The Kier molecular flexibility index (Phi) is 3.28. The predicted molar refractivity (Wildman–Crippen MR) is 63.3 cm³/mol. The van der Waals surface area contributed by atoms with Crippen LogP contribution in [0, 0.1) is 11.8 Å². The maximum Gasteiger partial charge on any atom is 0.306 e. The molecule has 0 amide bonds. The summed E-state index contributed by atoms with van der Waals surface area (Å²) < 4.78 is 0. The van der Waals surface area contributed by atoms with Gasteiger partial charge < -0.3 is 5.11 Å². The van der Waals surface area contributed by atoms with Crippen molar-refractivity contribution in [3.8, 4) is 0 Å². The third kappa shape index (κ3) is 2.26. The summed E-state index contributed by atoms with van der Waals surface area (Å²) in [6.07, 6.45) is 2.65. The maximum absolute atomic E-state index is 11.0. The summed E-state index contributed by atoms with van der Waals surface area (Å²) in [5.74, 6) is 0.225. The summed E-state index contributed by atoms with van der Waals surface area (Å²) in [7, 11) is 0. The van der Waals surface area contributed by atoms with E-state index in [0.717, 1.165) is 19.3 Å². The zero-order valence-electron chi connectivity index (χ0n) is 9.60. The smallest absolute Gasteiger partial charge is 0.306 e. The molecule has 0 bridgehead atoms. The minimum atomic E-state index is -0.632. The number of hydrogen-bond acceptors (Lipinski definition) is 1. The molecule has 86 valence electrons. The van der Waals surface area contributed by atoms with E-state index in [0.29, 0.717) is 11.8 Å². The first kappa shape index (κ1) is 11.2. The van der Waals surface area contributed by atoms with E-state index in [1.807, 2.05) is 18.2 Å². The minimum Gasteiger partial charge on any atom is -0.481 e. The number of carboxylic acid groups (broad SMARTS) is 1. The standard InChI is InChI=1S/C14H18O2/c1-10-7-8-12(14(15)16)9-13(10)11-5-3-2-4-6-11/h2-6,10,12-13H,7-9H2,1H3,(H,15,16). The second-order valence-corrected chi connectivity index (χ2v) is 4.84. The fraction of sp³-hybridized carbons (Fsp3) is 0.500. The van der Waals surface area contributed by atoms with Crippen molar-refractivity contribution in [1.29, 1.82) is 0 Å². The Morgan fingerprint density at radius 1 is 1.25 bits per heavy atom. The maximum atomic E-state index is 11.0. The van der Waals surface area contributed by atoms with Crippen LogP contribution in [0.25, 0.3) is 0 Å². The summed E-state index contributed by atoms with van der Waals surface area (Å²) >= 11 is 0. The molecule has 0 aromatic heterocycles. The molecule has 0 aliphatic heterocycles. The first-order valence-electron chi connectivity index (χ1n) is 5.96. The summed E-state index contributed by atoms with van der Waals surface area (Å²) in [6.45, 7) is 2.23. The number of carboxylic acids is 1. The Balaban J connectivity index is 2.16. The Bertz CT molecular complexity index is 358. The molecule has 3 atom stereocenters. The van der Waals surface area contributed by atoms with E-state index >= 15 is 0 Å². The third-order valence-electron chi connectivity index (χ3n) is 3.77. The predicted octanol–water partition coefficient (Wildman–Crippen LogP) is 3.29.